The maximum Gasteiger partial charge on any atom is 0.243 e. The van der Waals surface area contributed by atoms with Crippen molar-refractivity contribution in [3.63, 3.8) is 0 Å². The fourth-order valence-electron chi connectivity index (χ4n) is 4.76. The Kier molecular flexibility index (Phi) is 6.98. The molecule has 1 amide bonds. The van der Waals surface area contributed by atoms with Crippen LogP contribution in [0.3, 0.4) is 0 Å². The Morgan fingerprint density at radius 3 is 2.56 bits per heavy atom. The number of para-hydroxylation sites is 1. The van der Waals surface area contributed by atoms with Gasteiger partial charge in [0.15, 0.2) is 5.96 Å². The number of guanidine groups is 1. The third-order valence-corrected chi connectivity index (χ3v) is 6.68. The maximum absolute atomic E-state index is 12.2. The molecule has 32 heavy (non-hydrogen) atoms. The summed E-state index contributed by atoms with van der Waals surface area (Å²) in [6.07, 6.45) is 5.65. The lowest BCUT2D eigenvalue weighted by molar-refractivity contribution is -0.127. The van der Waals surface area contributed by atoms with Gasteiger partial charge in [-0.15, -0.1) is 0 Å². The Morgan fingerprint density at radius 1 is 1.09 bits per heavy atom. The van der Waals surface area contributed by atoms with Crippen LogP contribution in [0.1, 0.15) is 49.3 Å². The molecule has 0 aromatic heterocycles. The van der Waals surface area contributed by atoms with Crippen LogP contribution in [0, 0.1) is 0 Å². The molecule has 6 nitrogen and oxygen atoms in total. The number of hydrogen-bond donors (Lipinski definition) is 2. The number of amides is 1. The molecular formula is C26H34N4O2. The lowest BCUT2D eigenvalue weighted by Gasteiger charge is -2.32. The fourth-order valence-corrected chi connectivity index (χ4v) is 4.76. The Hall–Kier alpha value is -3.02. The number of fused-ring (bicyclic) bond motifs is 1. The number of ether oxygens (including phenoxy) is 1. The average Bonchev–Trinajstić information content (AvgIpc) is 3.31. The van der Waals surface area contributed by atoms with Crippen molar-refractivity contribution in [2.45, 2.75) is 43.6 Å². The van der Waals surface area contributed by atoms with E-state index >= 15 is 0 Å². The van der Waals surface area contributed by atoms with E-state index in [1.165, 1.54) is 18.4 Å². The third-order valence-electron chi connectivity index (χ3n) is 6.68. The summed E-state index contributed by atoms with van der Waals surface area (Å²) in [5, 5.41) is 7.19. The highest BCUT2D eigenvalue weighted by Crippen LogP contribution is 2.40. The number of carbonyl (C=O) groups is 1. The molecule has 0 spiro atoms. The lowest BCUT2D eigenvalue weighted by Crippen LogP contribution is -2.47. The van der Waals surface area contributed by atoms with Crippen molar-refractivity contribution in [2.75, 3.05) is 33.8 Å². The molecular weight excluding hydrogens is 400 g/mol. The van der Waals surface area contributed by atoms with Gasteiger partial charge in [0.25, 0.3) is 0 Å². The first-order chi connectivity index (χ1) is 15.6. The van der Waals surface area contributed by atoms with Gasteiger partial charge in [0.05, 0.1) is 12.6 Å². The normalized spacial score (nSPS) is 19.6. The van der Waals surface area contributed by atoms with Gasteiger partial charge in [0, 0.05) is 38.0 Å². The SMILES string of the molecule is CN(C)C(=O)CN=C(NCC1(c2ccccc2)CCCC1)NC1CCOc2ccccc21. The molecule has 1 heterocycles. The zero-order valence-electron chi connectivity index (χ0n) is 19.1. The minimum atomic E-state index is -0.0166. The predicted octanol–water partition coefficient (Wildman–Crippen LogP) is 3.65. The van der Waals surface area contributed by atoms with Gasteiger partial charge in [-0.1, -0.05) is 61.4 Å². The van der Waals surface area contributed by atoms with Crippen molar-refractivity contribution < 1.29 is 9.53 Å². The van der Waals surface area contributed by atoms with Crippen LogP contribution in [0.25, 0.3) is 0 Å². The summed E-state index contributed by atoms with van der Waals surface area (Å²) < 4.78 is 5.82. The largest absolute Gasteiger partial charge is 0.493 e. The van der Waals surface area contributed by atoms with Crippen LogP contribution in [0.2, 0.25) is 0 Å². The summed E-state index contributed by atoms with van der Waals surface area (Å²) in [4.78, 5) is 18.5. The minimum Gasteiger partial charge on any atom is -0.493 e. The van der Waals surface area contributed by atoms with E-state index in [-0.39, 0.29) is 23.9 Å². The first-order valence-corrected chi connectivity index (χ1v) is 11.6. The smallest absolute Gasteiger partial charge is 0.243 e. The molecule has 1 aliphatic carbocycles. The van der Waals surface area contributed by atoms with Gasteiger partial charge < -0.3 is 20.3 Å². The first kappa shape index (κ1) is 22.2. The van der Waals surface area contributed by atoms with Crippen LogP contribution in [0.5, 0.6) is 5.75 Å². The molecule has 2 aliphatic rings. The molecule has 2 aromatic carbocycles. The molecule has 0 saturated heterocycles. The van der Waals surface area contributed by atoms with E-state index in [0.717, 1.165) is 37.1 Å². The summed E-state index contributed by atoms with van der Waals surface area (Å²) in [6.45, 7) is 1.57. The molecule has 6 heteroatoms. The fraction of sp³-hybridized carbons (Fsp3) is 0.462. The molecule has 1 atom stereocenters. The molecule has 1 unspecified atom stereocenters. The highest BCUT2D eigenvalue weighted by Gasteiger charge is 2.35. The van der Waals surface area contributed by atoms with Gasteiger partial charge in [0.2, 0.25) is 5.91 Å². The molecule has 1 fully saturated rings. The Bertz CT molecular complexity index is 936. The lowest BCUT2D eigenvalue weighted by atomic mass is 9.79. The van der Waals surface area contributed by atoms with Crippen molar-refractivity contribution >= 4 is 11.9 Å². The molecule has 2 N–H and O–H groups in total. The molecule has 4 rings (SSSR count). The average molecular weight is 435 g/mol. The Labute approximate surface area is 191 Å². The number of nitrogens with one attached hydrogen (secondary N) is 2. The summed E-state index contributed by atoms with van der Waals surface area (Å²) in [6, 6.07) is 19.0. The number of aliphatic imine (C=N–C) groups is 1. The number of likely N-dealkylation sites (N-methyl/N-ethyl adjacent to an activating group) is 1. The summed E-state index contributed by atoms with van der Waals surface area (Å²) in [7, 11) is 3.52. The molecule has 1 saturated carbocycles. The minimum absolute atomic E-state index is 0.0166. The zero-order valence-corrected chi connectivity index (χ0v) is 19.1. The maximum atomic E-state index is 12.2. The van der Waals surface area contributed by atoms with Gasteiger partial charge in [-0.3, -0.25) is 4.79 Å². The van der Waals surface area contributed by atoms with E-state index in [1.807, 2.05) is 18.2 Å². The topological polar surface area (TPSA) is 66.0 Å². The Morgan fingerprint density at radius 2 is 1.81 bits per heavy atom. The van der Waals surface area contributed by atoms with E-state index < -0.39 is 0 Å². The first-order valence-electron chi connectivity index (χ1n) is 11.6. The number of nitrogens with zero attached hydrogens (tertiary/aromatic N) is 2. The van der Waals surface area contributed by atoms with Gasteiger partial charge in [-0.25, -0.2) is 4.99 Å². The number of hydrogen-bond acceptors (Lipinski definition) is 3. The van der Waals surface area contributed by atoms with Crippen LogP contribution in [0.15, 0.2) is 59.6 Å². The van der Waals surface area contributed by atoms with Crippen molar-refractivity contribution in [1.29, 1.82) is 0 Å². The van der Waals surface area contributed by atoms with Gasteiger partial charge in [-0.05, 0) is 24.5 Å². The predicted molar refractivity (Wildman–Crippen MR) is 128 cm³/mol. The van der Waals surface area contributed by atoms with Crippen LogP contribution in [-0.2, 0) is 10.2 Å². The van der Waals surface area contributed by atoms with E-state index in [2.05, 4.69) is 52.0 Å². The standard InChI is InChI=1S/C26H34N4O2/c1-30(2)24(31)18-27-25(29-22-14-17-32-23-13-7-6-12-21(22)23)28-19-26(15-8-9-16-26)20-10-4-3-5-11-20/h3-7,10-13,22H,8-9,14-19H2,1-2H3,(H2,27,28,29). The highest BCUT2D eigenvalue weighted by molar-refractivity contribution is 5.85. The van der Waals surface area contributed by atoms with E-state index in [4.69, 9.17) is 4.74 Å². The molecule has 0 bridgehead atoms. The van der Waals surface area contributed by atoms with Gasteiger partial charge in [-0.2, -0.15) is 0 Å². The van der Waals surface area contributed by atoms with Crippen LogP contribution in [-0.4, -0.2) is 50.6 Å². The summed E-state index contributed by atoms with van der Waals surface area (Å²) >= 11 is 0. The van der Waals surface area contributed by atoms with Crippen LogP contribution >= 0.6 is 0 Å². The van der Waals surface area contributed by atoms with E-state index in [1.54, 1.807) is 19.0 Å². The van der Waals surface area contributed by atoms with Crippen LogP contribution in [0.4, 0.5) is 0 Å². The molecule has 170 valence electrons. The number of benzene rings is 2. The van der Waals surface area contributed by atoms with Gasteiger partial charge >= 0.3 is 0 Å². The second kappa shape index (κ2) is 10.1. The monoisotopic (exact) mass is 434 g/mol. The van der Waals surface area contributed by atoms with Crippen molar-refractivity contribution in [1.82, 2.24) is 15.5 Å². The van der Waals surface area contributed by atoms with Gasteiger partial charge in [0.1, 0.15) is 12.3 Å². The molecule has 2 aromatic rings. The van der Waals surface area contributed by atoms with Crippen molar-refractivity contribution in [3.05, 3.63) is 65.7 Å². The second-order valence-electron chi connectivity index (χ2n) is 9.03. The summed E-state index contributed by atoms with van der Waals surface area (Å²) in [5.41, 5.74) is 2.61. The van der Waals surface area contributed by atoms with Crippen molar-refractivity contribution in [2.24, 2.45) is 4.99 Å². The zero-order chi connectivity index (χ0) is 22.4. The van der Waals surface area contributed by atoms with E-state index in [9.17, 15) is 4.79 Å². The van der Waals surface area contributed by atoms with E-state index in [0.29, 0.717) is 12.6 Å². The highest BCUT2D eigenvalue weighted by atomic mass is 16.5. The van der Waals surface area contributed by atoms with Crippen molar-refractivity contribution in [3.8, 4) is 5.75 Å². The third kappa shape index (κ3) is 5.06. The number of rotatable bonds is 6. The number of carbonyl (C=O) groups excluding carboxylic acids is 1. The summed E-state index contributed by atoms with van der Waals surface area (Å²) in [5.74, 6) is 1.58. The quantitative estimate of drug-likeness (QED) is 0.538. The van der Waals surface area contributed by atoms with Crippen LogP contribution < -0.4 is 15.4 Å². The molecule has 1 aliphatic heterocycles. The second-order valence-corrected chi connectivity index (χ2v) is 9.03. The Balaban J connectivity index is 1.53. The molecule has 0 radical (unpaired) electrons.